The zero-order valence-corrected chi connectivity index (χ0v) is 14.1. The van der Waals surface area contributed by atoms with Gasteiger partial charge in [0.25, 0.3) is 5.91 Å². The molecule has 0 aromatic heterocycles. The van der Waals surface area contributed by atoms with E-state index in [0.29, 0.717) is 11.3 Å². The lowest BCUT2D eigenvalue weighted by Gasteiger charge is -2.34. The maximum atomic E-state index is 12.3. The highest BCUT2D eigenvalue weighted by Gasteiger charge is 2.27. The van der Waals surface area contributed by atoms with Crippen molar-refractivity contribution in [1.29, 1.82) is 0 Å². The summed E-state index contributed by atoms with van der Waals surface area (Å²) in [6.45, 7) is 4.02. The summed E-state index contributed by atoms with van der Waals surface area (Å²) in [6, 6.07) is 5.33. The van der Waals surface area contributed by atoms with Crippen molar-refractivity contribution in [3.05, 3.63) is 28.2 Å². The zero-order valence-electron chi connectivity index (χ0n) is 11.0. The second-order valence-electron chi connectivity index (χ2n) is 4.66. The molecule has 0 heterocycles. The van der Waals surface area contributed by atoms with E-state index in [1.54, 1.807) is 30.2 Å². The van der Waals surface area contributed by atoms with Gasteiger partial charge in [0.2, 0.25) is 0 Å². The number of rotatable bonds is 4. The largest absolute Gasteiger partial charge is 0.496 e. The van der Waals surface area contributed by atoms with Gasteiger partial charge in [-0.1, -0.05) is 15.9 Å². The van der Waals surface area contributed by atoms with Crippen LogP contribution in [0.3, 0.4) is 0 Å². The highest BCUT2D eigenvalue weighted by Crippen LogP contribution is 2.27. The van der Waals surface area contributed by atoms with Gasteiger partial charge >= 0.3 is 0 Å². The Morgan fingerprint density at radius 2 is 2.06 bits per heavy atom. The van der Waals surface area contributed by atoms with Crippen molar-refractivity contribution in [3.63, 3.8) is 0 Å². The van der Waals surface area contributed by atoms with Gasteiger partial charge in [0.05, 0.1) is 11.6 Å². The molecule has 0 radical (unpaired) electrons. The first-order chi connectivity index (χ1) is 8.33. The highest BCUT2D eigenvalue weighted by atomic mass is 79.9. The van der Waals surface area contributed by atoms with Crippen LogP contribution < -0.4 is 4.74 Å². The predicted molar refractivity (Wildman–Crippen MR) is 80.7 cm³/mol. The average molecular weight is 379 g/mol. The van der Waals surface area contributed by atoms with Crippen LogP contribution in [0.25, 0.3) is 0 Å². The smallest absolute Gasteiger partial charge is 0.254 e. The van der Waals surface area contributed by atoms with Crippen LogP contribution in [-0.2, 0) is 0 Å². The van der Waals surface area contributed by atoms with E-state index in [0.717, 1.165) is 9.80 Å². The van der Waals surface area contributed by atoms with E-state index >= 15 is 0 Å². The first kappa shape index (κ1) is 15.5. The van der Waals surface area contributed by atoms with Crippen LogP contribution in [0.2, 0.25) is 0 Å². The molecule has 0 saturated heterocycles. The maximum Gasteiger partial charge on any atom is 0.254 e. The van der Waals surface area contributed by atoms with Gasteiger partial charge in [0, 0.05) is 23.5 Å². The van der Waals surface area contributed by atoms with Gasteiger partial charge in [-0.05, 0) is 48.0 Å². The highest BCUT2D eigenvalue weighted by molar-refractivity contribution is 9.10. The van der Waals surface area contributed by atoms with Crippen LogP contribution in [0.5, 0.6) is 5.75 Å². The molecular weight excluding hydrogens is 362 g/mol. The molecule has 1 aromatic carbocycles. The monoisotopic (exact) mass is 377 g/mol. The summed E-state index contributed by atoms with van der Waals surface area (Å²) in [5, 5.41) is 0.722. The molecule has 0 unspecified atom stereocenters. The average Bonchev–Trinajstić information content (AvgIpc) is 2.36. The fourth-order valence-corrected chi connectivity index (χ4v) is 2.27. The van der Waals surface area contributed by atoms with Gasteiger partial charge in [-0.3, -0.25) is 4.79 Å². The van der Waals surface area contributed by atoms with Gasteiger partial charge in [-0.25, -0.2) is 0 Å². The number of ether oxygens (including phenoxy) is 1. The summed E-state index contributed by atoms with van der Waals surface area (Å²) in [7, 11) is 3.41. The third-order valence-electron chi connectivity index (χ3n) is 2.94. The number of hydrogen-bond acceptors (Lipinski definition) is 2. The Labute approximate surface area is 125 Å². The lowest BCUT2D eigenvalue weighted by molar-refractivity contribution is 0.0663. The molecule has 3 nitrogen and oxygen atoms in total. The number of halogens is 2. The lowest BCUT2D eigenvalue weighted by atomic mass is 10.1. The Bertz CT molecular complexity index is 447. The topological polar surface area (TPSA) is 29.5 Å². The zero-order chi connectivity index (χ0) is 13.9. The molecule has 18 heavy (non-hydrogen) atoms. The SMILES string of the molecule is COc1ccc(C(=O)N(C)C(C)(C)CBr)cc1Br. The quantitative estimate of drug-likeness (QED) is 0.747. The second-order valence-corrected chi connectivity index (χ2v) is 6.07. The normalized spacial score (nSPS) is 11.2. The summed E-state index contributed by atoms with van der Waals surface area (Å²) in [4.78, 5) is 14.1. The number of nitrogens with zero attached hydrogens (tertiary/aromatic N) is 1. The number of methoxy groups -OCH3 is 1. The molecule has 1 rings (SSSR count). The molecule has 0 aliphatic rings. The molecule has 0 spiro atoms. The van der Waals surface area contributed by atoms with E-state index in [2.05, 4.69) is 31.9 Å². The predicted octanol–water partition coefficient (Wildman–Crippen LogP) is 3.70. The minimum Gasteiger partial charge on any atom is -0.496 e. The Morgan fingerprint density at radius 3 is 2.50 bits per heavy atom. The molecule has 0 atom stereocenters. The molecule has 1 amide bonds. The van der Waals surface area contributed by atoms with Crippen molar-refractivity contribution in [3.8, 4) is 5.75 Å². The van der Waals surface area contributed by atoms with Crippen molar-refractivity contribution in [2.75, 3.05) is 19.5 Å². The number of hydrogen-bond donors (Lipinski definition) is 0. The molecule has 0 aliphatic carbocycles. The molecule has 0 N–H and O–H groups in total. The Hall–Kier alpha value is -0.550. The van der Waals surface area contributed by atoms with Crippen LogP contribution in [0, 0.1) is 0 Å². The van der Waals surface area contributed by atoms with Crippen molar-refractivity contribution in [1.82, 2.24) is 4.90 Å². The minimum atomic E-state index is -0.233. The number of amides is 1. The van der Waals surface area contributed by atoms with Crippen molar-refractivity contribution < 1.29 is 9.53 Å². The van der Waals surface area contributed by atoms with E-state index in [4.69, 9.17) is 4.74 Å². The van der Waals surface area contributed by atoms with Crippen LogP contribution >= 0.6 is 31.9 Å². The van der Waals surface area contributed by atoms with Crippen LogP contribution in [0.1, 0.15) is 24.2 Å². The lowest BCUT2D eigenvalue weighted by Crippen LogP contribution is -2.46. The summed E-state index contributed by atoms with van der Waals surface area (Å²) in [5.41, 5.74) is 0.405. The molecule has 5 heteroatoms. The summed E-state index contributed by atoms with van der Waals surface area (Å²) < 4.78 is 5.93. The van der Waals surface area contributed by atoms with E-state index in [-0.39, 0.29) is 11.4 Å². The fourth-order valence-electron chi connectivity index (χ4n) is 1.36. The Balaban J connectivity index is 3.01. The standard InChI is InChI=1S/C13H17Br2NO2/c1-13(2,8-14)16(3)12(17)9-5-6-11(18-4)10(15)7-9/h5-7H,8H2,1-4H3. The number of alkyl halides is 1. The van der Waals surface area contributed by atoms with Crippen molar-refractivity contribution in [2.45, 2.75) is 19.4 Å². The summed E-state index contributed by atoms with van der Waals surface area (Å²) in [5.74, 6) is 0.705. The first-order valence-electron chi connectivity index (χ1n) is 5.51. The molecule has 0 aliphatic heterocycles. The van der Waals surface area contributed by atoms with Crippen LogP contribution in [0.15, 0.2) is 22.7 Å². The second kappa shape index (κ2) is 6.06. The minimum absolute atomic E-state index is 0.0113. The Kier molecular flexibility index (Phi) is 5.22. The number of carbonyl (C=O) groups is 1. The third kappa shape index (κ3) is 3.26. The van der Waals surface area contributed by atoms with Gasteiger partial charge in [-0.2, -0.15) is 0 Å². The van der Waals surface area contributed by atoms with E-state index in [9.17, 15) is 4.79 Å². The van der Waals surface area contributed by atoms with Crippen molar-refractivity contribution >= 4 is 37.8 Å². The summed E-state index contributed by atoms with van der Waals surface area (Å²) >= 11 is 6.81. The number of carbonyl (C=O) groups excluding carboxylic acids is 1. The van der Waals surface area contributed by atoms with Crippen molar-refractivity contribution in [2.24, 2.45) is 0 Å². The molecular formula is C13H17Br2NO2. The first-order valence-corrected chi connectivity index (χ1v) is 7.42. The molecule has 0 fully saturated rings. The fraction of sp³-hybridized carbons (Fsp3) is 0.462. The maximum absolute atomic E-state index is 12.3. The molecule has 1 aromatic rings. The van der Waals surface area contributed by atoms with E-state index in [1.807, 2.05) is 20.9 Å². The van der Waals surface area contributed by atoms with Gasteiger partial charge in [0.15, 0.2) is 0 Å². The third-order valence-corrected chi connectivity index (χ3v) is 4.93. The molecule has 0 bridgehead atoms. The van der Waals surface area contributed by atoms with E-state index in [1.165, 1.54) is 0 Å². The van der Waals surface area contributed by atoms with E-state index < -0.39 is 0 Å². The summed E-state index contributed by atoms with van der Waals surface area (Å²) in [6.07, 6.45) is 0. The van der Waals surface area contributed by atoms with Gasteiger partial charge < -0.3 is 9.64 Å². The number of benzene rings is 1. The molecule has 0 saturated carbocycles. The Morgan fingerprint density at radius 1 is 1.44 bits per heavy atom. The van der Waals surface area contributed by atoms with Gasteiger partial charge in [-0.15, -0.1) is 0 Å². The van der Waals surface area contributed by atoms with Crippen LogP contribution in [-0.4, -0.2) is 35.8 Å². The van der Waals surface area contributed by atoms with Crippen LogP contribution in [0.4, 0.5) is 0 Å². The molecule has 100 valence electrons. The van der Waals surface area contributed by atoms with Gasteiger partial charge in [0.1, 0.15) is 5.75 Å².